The van der Waals surface area contributed by atoms with Crippen LogP contribution in [0.5, 0.6) is 0 Å². The van der Waals surface area contributed by atoms with E-state index in [2.05, 4.69) is 176 Å². The molecule has 8 aromatic carbocycles. The fraction of sp³-hybridized carbons (Fsp3) is 0.0385. The van der Waals surface area contributed by atoms with E-state index in [9.17, 15) is 0 Å². The summed E-state index contributed by atoms with van der Waals surface area (Å²) in [6, 6.07) is 63.2. The standard InChI is InChI=1S/C52H36N2/c1-3-14-35(15-4-1)37-18-12-22-42(31-37)50-34-51(54-52(53-50)36-16-5-2-6-17-36)43-23-13-21-40(32-43)38-19-11-20-39(30-38)41-28-29-48-46-26-8-7-24-44(46)45-25-9-10-27-47(45)49(48)33-41/h2-3,5-34H,1,4H2. The highest BCUT2D eigenvalue weighted by atomic mass is 14.9. The second kappa shape index (κ2) is 13.6. The Labute approximate surface area is 315 Å². The molecule has 1 aromatic heterocycles. The van der Waals surface area contributed by atoms with Gasteiger partial charge in [0.05, 0.1) is 11.4 Å². The fourth-order valence-corrected chi connectivity index (χ4v) is 7.97. The summed E-state index contributed by atoms with van der Waals surface area (Å²) in [5.41, 5.74) is 12.1. The number of hydrogen-bond donors (Lipinski definition) is 0. The SMILES string of the molecule is C1=CC(c2cccc(-c3cc(-c4cccc(-c5cccc(-c6ccc7c8ccccc8c8ccccc8c7c6)c5)c4)nc(-c4ccccc4)n3)c2)=CCC1. The number of aromatic nitrogens is 2. The molecule has 0 N–H and O–H groups in total. The van der Waals surface area contributed by atoms with E-state index in [1.54, 1.807) is 0 Å². The highest BCUT2D eigenvalue weighted by molar-refractivity contribution is 6.25. The van der Waals surface area contributed by atoms with Gasteiger partial charge in [-0.05, 0) is 109 Å². The van der Waals surface area contributed by atoms with Crippen molar-refractivity contribution in [2.75, 3.05) is 0 Å². The van der Waals surface area contributed by atoms with Crippen molar-refractivity contribution in [3.8, 4) is 56.2 Å². The highest BCUT2D eigenvalue weighted by Crippen LogP contribution is 2.38. The summed E-state index contributed by atoms with van der Waals surface area (Å²) in [5, 5.41) is 7.72. The Morgan fingerprint density at radius 3 is 1.37 bits per heavy atom. The Morgan fingerprint density at radius 2 is 0.778 bits per heavy atom. The molecule has 1 aliphatic carbocycles. The molecule has 0 unspecified atom stereocenters. The largest absolute Gasteiger partial charge is 0.228 e. The number of rotatable bonds is 6. The molecule has 54 heavy (non-hydrogen) atoms. The summed E-state index contributed by atoms with van der Waals surface area (Å²) < 4.78 is 0. The van der Waals surface area contributed by atoms with Gasteiger partial charge >= 0.3 is 0 Å². The lowest BCUT2D eigenvalue weighted by atomic mass is 9.91. The van der Waals surface area contributed by atoms with Crippen molar-refractivity contribution >= 4 is 37.9 Å². The van der Waals surface area contributed by atoms with E-state index in [0.29, 0.717) is 5.82 Å². The monoisotopic (exact) mass is 688 g/mol. The topological polar surface area (TPSA) is 25.8 Å². The molecule has 9 aromatic rings. The van der Waals surface area contributed by atoms with Crippen LogP contribution in [0.15, 0.2) is 194 Å². The predicted molar refractivity (Wildman–Crippen MR) is 228 cm³/mol. The van der Waals surface area contributed by atoms with Crippen LogP contribution in [0, 0.1) is 0 Å². The Bertz CT molecular complexity index is 2900. The van der Waals surface area contributed by atoms with Gasteiger partial charge in [0.15, 0.2) is 5.82 Å². The van der Waals surface area contributed by atoms with Gasteiger partial charge in [-0.2, -0.15) is 0 Å². The molecule has 0 radical (unpaired) electrons. The minimum Gasteiger partial charge on any atom is -0.228 e. The molecule has 10 rings (SSSR count). The first kappa shape index (κ1) is 31.8. The molecule has 2 nitrogen and oxygen atoms in total. The van der Waals surface area contributed by atoms with Crippen molar-refractivity contribution in [2.45, 2.75) is 12.8 Å². The third-order valence-electron chi connectivity index (χ3n) is 10.7. The van der Waals surface area contributed by atoms with Crippen LogP contribution in [-0.4, -0.2) is 9.97 Å². The van der Waals surface area contributed by atoms with E-state index >= 15 is 0 Å². The number of allylic oxidation sites excluding steroid dienone is 4. The Balaban J connectivity index is 1.05. The lowest BCUT2D eigenvalue weighted by molar-refractivity contribution is 1.04. The van der Waals surface area contributed by atoms with Gasteiger partial charge in [0.1, 0.15) is 0 Å². The lowest BCUT2D eigenvalue weighted by Crippen LogP contribution is -1.96. The van der Waals surface area contributed by atoms with Gasteiger partial charge in [-0.1, -0.05) is 164 Å². The molecule has 0 spiro atoms. The minimum atomic E-state index is 0.717. The Kier molecular flexibility index (Phi) is 8.00. The summed E-state index contributed by atoms with van der Waals surface area (Å²) in [4.78, 5) is 10.3. The van der Waals surface area contributed by atoms with Gasteiger partial charge < -0.3 is 0 Å². The van der Waals surface area contributed by atoms with Gasteiger partial charge in [0.25, 0.3) is 0 Å². The van der Waals surface area contributed by atoms with Crippen LogP contribution >= 0.6 is 0 Å². The molecule has 1 heterocycles. The predicted octanol–water partition coefficient (Wildman–Crippen LogP) is 14.0. The summed E-state index contributed by atoms with van der Waals surface area (Å²) in [6.07, 6.45) is 8.98. The van der Waals surface area contributed by atoms with Crippen molar-refractivity contribution in [1.29, 1.82) is 0 Å². The molecule has 0 bridgehead atoms. The van der Waals surface area contributed by atoms with Crippen LogP contribution in [0.3, 0.4) is 0 Å². The smallest absolute Gasteiger partial charge is 0.160 e. The number of fused-ring (bicyclic) bond motifs is 6. The van der Waals surface area contributed by atoms with E-state index < -0.39 is 0 Å². The Morgan fingerprint density at radius 1 is 0.315 bits per heavy atom. The van der Waals surface area contributed by atoms with E-state index in [1.165, 1.54) is 54.6 Å². The van der Waals surface area contributed by atoms with Gasteiger partial charge in [-0.15, -0.1) is 0 Å². The molecule has 0 saturated carbocycles. The van der Waals surface area contributed by atoms with Crippen molar-refractivity contribution < 1.29 is 0 Å². The third-order valence-corrected chi connectivity index (χ3v) is 10.7. The summed E-state index contributed by atoms with van der Waals surface area (Å²) in [5.74, 6) is 0.717. The first-order valence-electron chi connectivity index (χ1n) is 18.7. The maximum absolute atomic E-state index is 5.15. The molecule has 1 aliphatic rings. The first-order chi connectivity index (χ1) is 26.7. The quantitative estimate of drug-likeness (QED) is 0.163. The highest BCUT2D eigenvalue weighted by Gasteiger charge is 2.14. The molecular weight excluding hydrogens is 653 g/mol. The van der Waals surface area contributed by atoms with E-state index in [4.69, 9.17) is 9.97 Å². The zero-order chi connectivity index (χ0) is 35.8. The second-order valence-corrected chi connectivity index (χ2v) is 14.1. The maximum atomic E-state index is 5.15. The molecular formula is C52H36N2. The summed E-state index contributed by atoms with van der Waals surface area (Å²) >= 11 is 0. The molecule has 0 amide bonds. The van der Waals surface area contributed by atoms with Crippen molar-refractivity contribution in [3.63, 3.8) is 0 Å². The number of benzene rings is 8. The molecule has 2 heteroatoms. The summed E-state index contributed by atoms with van der Waals surface area (Å²) in [7, 11) is 0. The van der Waals surface area contributed by atoms with Crippen molar-refractivity contribution in [2.24, 2.45) is 0 Å². The van der Waals surface area contributed by atoms with Crippen LogP contribution in [0.25, 0.3) is 94.0 Å². The average Bonchev–Trinajstić information content (AvgIpc) is 3.27. The number of nitrogens with zero attached hydrogens (tertiary/aromatic N) is 2. The number of hydrogen-bond acceptors (Lipinski definition) is 2. The van der Waals surface area contributed by atoms with Crippen LogP contribution in [-0.2, 0) is 0 Å². The van der Waals surface area contributed by atoms with Crippen LogP contribution < -0.4 is 0 Å². The van der Waals surface area contributed by atoms with Crippen LogP contribution in [0.1, 0.15) is 18.4 Å². The van der Waals surface area contributed by atoms with Gasteiger partial charge in [-0.25, -0.2) is 9.97 Å². The normalized spacial score (nSPS) is 12.7. The first-order valence-corrected chi connectivity index (χ1v) is 18.7. The molecule has 0 saturated heterocycles. The molecule has 0 aliphatic heterocycles. The zero-order valence-corrected chi connectivity index (χ0v) is 29.8. The van der Waals surface area contributed by atoms with Crippen molar-refractivity contribution in [1.82, 2.24) is 9.97 Å². The van der Waals surface area contributed by atoms with Crippen LogP contribution in [0.2, 0.25) is 0 Å². The minimum absolute atomic E-state index is 0.717. The van der Waals surface area contributed by atoms with Crippen molar-refractivity contribution in [3.05, 3.63) is 200 Å². The Hall–Kier alpha value is -6.90. The van der Waals surface area contributed by atoms with Crippen LogP contribution in [0.4, 0.5) is 0 Å². The van der Waals surface area contributed by atoms with Gasteiger partial charge in [-0.3, -0.25) is 0 Å². The van der Waals surface area contributed by atoms with E-state index in [0.717, 1.165) is 52.0 Å². The van der Waals surface area contributed by atoms with E-state index in [1.807, 2.05) is 18.2 Å². The third kappa shape index (κ3) is 5.88. The summed E-state index contributed by atoms with van der Waals surface area (Å²) in [6.45, 7) is 0. The lowest BCUT2D eigenvalue weighted by Gasteiger charge is -2.13. The van der Waals surface area contributed by atoms with E-state index in [-0.39, 0.29) is 0 Å². The fourth-order valence-electron chi connectivity index (χ4n) is 7.97. The molecule has 254 valence electrons. The van der Waals surface area contributed by atoms with Gasteiger partial charge in [0, 0.05) is 16.7 Å². The maximum Gasteiger partial charge on any atom is 0.160 e. The molecule has 0 atom stereocenters. The molecule has 0 fully saturated rings. The zero-order valence-electron chi connectivity index (χ0n) is 29.8. The average molecular weight is 689 g/mol. The van der Waals surface area contributed by atoms with Gasteiger partial charge in [0.2, 0.25) is 0 Å². The second-order valence-electron chi connectivity index (χ2n) is 14.1.